The molecule has 3 nitrogen and oxygen atoms in total. The van der Waals surface area contributed by atoms with Crippen molar-refractivity contribution in [3.8, 4) is 5.75 Å². The van der Waals surface area contributed by atoms with Crippen molar-refractivity contribution < 1.29 is 9.90 Å². The number of aromatic hydroxyl groups is 1. The maximum atomic E-state index is 11.5. The van der Waals surface area contributed by atoms with Crippen LogP contribution >= 0.6 is 0 Å². The molecule has 0 spiro atoms. The molecule has 0 unspecified atom stereocenters. The molecule has 0 saturated heterocycles. The molecule has 16 heavy (non-hydrogen) atoms. The fraction of sp³-hybridized carbons (Fsp3) is 0.462. The summed E-state index contributed by atoms with van der Waals surface area (Å²) >= 11 is 0. The van der Waals surface area contributed by atoms with Gasteiger partial charge in [-0.3, -0.25) is 4.79 Å². The second-order valence-electron chi connectivity index (χ2n) is 4.51. The van der Waals surface area contributed by atoms with Crippen molar-refractivity contribution >= 4 is 5.91 Å². The van der Waals surface area contributed by atoms with E-state index in [1.807, 2.05) is 12.1 Å². The molecule has 0 radical (unpaired) electrons. The maximum absolute atomic E-state index is 11.5. The predicted molar refractivity (Wildman–Crippen MR) is 64.6 cm³/mol. The van der Waals surface area contributed by atoms with Crippen LogP contribution in [0.5, 0.6) is 5.75 Å². The topological polar surface area (TPSA) is 40.5 Å². The van der Waals surface area contributed by atoms with E-state index in [9.17, 15) is 9.90 Å². The Balaban J connectivity index is 2.87. The highest BCUT2D eigenvalue weighted by Gasteiger charge is 2.10. The summed E-state index contributed by atoms with van der Waals surface area (Å²) < 4.78 is 0. The number of phenolic OH excluding ortho intramolecular Hbond substituents is 1. The molecule has 3 heteroatoms. The second-order valence-corrected chi connectivity index (χ2v) is 4.51. The van der Waals surface area contributed by atoms with E-state index in [0.717, 1.165) is 5.56 Å². The van der Waals surface area contributed by atoms with Gasteiger partial charge in [0.05, 0.1) is 6.42 Å². The van der Waals surface area contributed by atoms with Crippen molar-refractivity contribution in [3.05, 3.63) is 29.3 Å². The van der Waals surface area contributed by atoms with Gasteiger partial charge in [0.1, 0.15) is 5.75 Å². The highest BCUT2D eigenvalue weighted by molar-refractivity contribution is 5.79. The Hall–Kier alpha value is -1.51. The SMILES string of the molecule is CC(C)c1ccc(CC(=O)N(C)C)c(O)c1. The molecule has 0 aliphatic carbocycles. The lowest BCUT2D eigenvalue weighted by molar-refractivity contribution is -0.127. The van der Waals surface area contributed by atoms with Crippen molar-refractivity contribution in [2.24, 2.45) is 0 Å². The zero-order valence-corrected chi connectivity index (χ0v) is 10.3. The Bertz CT molecular complexity index is 384. The maximum Gasteiger partial charge on any atom is 0.226 e. The van der Waals surface area contributed by atoms with Gasteiger partial charge in [0.25, 0.3) is 0 Å². The number of likely N-dealkylation sites (N-methyl/N-ethyl adjacent to an activating group) is 1. The highest BCUT2D eigenvalue weighted by Crippen LogP contribution is 2.24. The van der Waals surface area contributed by atoms with Gasteiger partial charge in [-0.05, 0) is 17.5 Å². The van der Waals surface area contributed by atoms with Crippen molar-refractivity contribution in [2.75, 3.05) is 14.1 Å². The first-order valence-corrected chi connectivity index (χ1v) is 5.43. The van der Waals surface area contributed by atoms with E-state index in [2.05, 4.69) is 13.8 Å². The predicted octanol–water partition coefficient (Wildman–Crippen LogP) is 2.15. The molecule has 1 aromatic carbocycles. The van der Waals surface area contributed by atoms with E-state index in [1.165, 1.54) is 4.90 Å². The van der Waals surface area contributed by atoms with Crippen LogP contribution in [0.4, 0.5) is 0 Å². The fourth-order valence-electron chi connectivity index (χ4n) is 1.41. The van der Waals surface area contributed by atoms with Gasteiger partial charge in [-0.15, -0.1) is 0 Å². The summed E-state index contributed by atoms with van der Waals surface area (Å²) in [6, 6.07) is 5.53. The summed E-state index contributed by atoms with van der Waals surface area (Å²) in [6.45, 7) is 4.14. The molecule has 0 saturated carbocycles. The number of rotatable bonds is 3. The van der Waals surface area contributed by atoms with Crippen LogP contribution < -0.4 is 0 Å². The van der Waals surface area contributed by atoms with Crippen molar-refractivity contribution in [1.29, 1.82) is 0 Å². The quantitative estimate of drug-likeness (QED) is 0.849. The Kier molecular flexibility index (Phi) is 3.93. The first-order valence-electron chi connectivity index (χ1n) is 5.43. The van der Waals surface area contributed by atoms with Crippen LogP contribution in [-0.2, 0) is 11.2 Å². The fourth-order valence-corrected chi connectivity index (χ4v) is 1.41. The van der Waals surface area contributed by atoms with E-state index in [1.54, 1.807) is 20.2 Å². The molecule has 1 amide bonds. The Labute approximate surface area is 96.7 Å². The summed E-state index contributed by atoms with van der Waals surface area (Å²) in [5, 5.41) is 9.80. The van der Waals surface area contributed by atoms with Gasteiger partial charge in [-0.25, -0.2) is 0 Å². The Morgan fingerprint density at radius 3 is 2.44 bits per heavy atom. The van der Waals surface area contributed by atoms with Gasteiger partial charge in [0.2, 0.25) is 5.91 Å². The zero-order chi connectivity index (χ0) is 12.3. The lowest BCUT2D eigenvalue weighted by Crippen LogP contribution is -2.23. The third-order valence-corrected chi connectivity index (χ3v) is 2.62. The zero-order valence-electron chi connectivity index (χ0n) is 10.3. The monoisotopic (exact) mass is 221 g/mol. The Morgan fingerprint density at radius 2 is 2.00 bits per heavy atom. The van der Waals surface area contributed by atoms with Crippen LogP contribution in [0.2, 0.25) is 0 Å². The van der Waals surface area contributed by atoms with Crippen LogP contribution in [-0.4, -0.2) is 30.0 Å². The van der Waals surface area contributed by atoms with Gasteiger partial charge in [-0.2, -0.15) is 0 Å². The van der Waals surface area contributed by atoms with Gasteiger partial charge in [0.15, 0.2) is 0 Å². The summed E-state index contributed by atoms with van der Waals surface area (Å²) in [7, 11) is 3.42. The first-order chi connectivity index (χ1) is 7.41. The van der Waals surface area contributed by atoms with Crippen molar-refractivity contribution in [3.63, 3.8) is 0 Å². The number of amides is 1. The van der Waals surface area contributed by atoms with Crippen LogP contribution in [0.1, 0.15) is 30.9 Å². The summed E-state index contributed by atoms with van der Waals surface area (Å²) in [6.07, 6.45) is 0.247. The van der Waals surface area contributed by atoms with E-state index < -0.39 is 0 Å². The van der Waals surface area contributed by atoms with Crippen LogP contribution in [0.3, 0.4) is 0 Å². The first kappa shape index (κ1) is 12.6. The average Bonchev–Trinajstić information content (AvgIpc) is 2.20. The molecule has 0 fully saturated rings. The lowest BCUT2D eigenvalue weighted by atomic mass is 10.00. The molecule has 0 aromatic heterocycles. The number of phenols is 1. The Morgan fingerprint density at radius 1 is 1.38 bits per heavy atom. The number of hydrogen-bond acceptors (Lipinski definition) is 2. The van der Waals surface area contributed by atoms with Crippen molar-refractivity contribution in [1.82, 2.24) is 4.90 Å². The second kappa shape index (κ2) is 5.01. The minimum atomic E-state index is -0.00685. The smallest absolute Gasteiger partial charge is 0.226 e. The number of carbonyl (C=O) groups is 1. The number of carbonyl (C=O) groups excluding carboxylic acids is 1. The molecule has 1 N–H and O–H groups in total. The number of hydrogen-bond donors (Lipinski definition) is 1. The largest absolute Gasteiger partial charge is 0.508 e. The summed E-state index contributed by atoms with van der Waals surface area (Å²) in [5.41, 5.74) is 1.77. The van der Waals surface area contributed by atoms with E-state index in [-0.39, 0.29) is 18.1 Å². The molecule has 0 aliphatic heterocycles. The molecular weight excluding hydrogens is 202 g/mol. The molecule has 0 aliphatic rings. The third kappa shape index (κ3) is 2.99. The third-order valence-electron chi connectivity index (χ3n) is 2.62. The summed E-state index contributed by atoms with van der Waals surface area (Å²) in [4.78, 5) is 13.0. The number of nitrogens with zero attached hydrogens (tertiary/aromatic N) is 1. The van der Waals surface area contributed by atoms with Crippen molar-refractivity contribution in [2.45, 2.75) is 26.2 Å². The van der Waals surface area contributed by atoms with Crippen LogP contribution in [0.25, 0.3) is 0 Å². The molecule has 0 atom stereocenters. The van der Waals surface area contributed by atoms with Crippen LogP contribution in [0.15, 0.2) is 18.2 Å². The number of benzene rings is 1. The highest BCUT2D eigenvalue weighted by atomic mass is 16.3. The lowest BCUT2D eigenvalue weighted by Gasteiger charge is -2.12. The molecule has 1 rings (SSSR count). The van der Waals surface area contributed by atoms with Gasteiger partial charge < -0.3 is 10.0 Å². The van der Waals surface area contributed by atoms with E-state index in [4.69, 9.17) is 0 Å². The van der Waals surface area contributed by atoms with Gasteiger partial charge in [0, 0.05) is 19.7 Å². The average molecular weight is 221 g/mol. The molecule has 0 bridgehead atoms. The minimum absolute atomic E-state index is 0.00685. The van der Waals surface area contributed by atoms with E-state index in [0.29, 0.717) is 11.5 Å². The standard InChI is InChI=1S/C13H19NO2/c1-9(2)10-5-6-11(12(15)7-10)8-13(16)14(3)4/h5-7,9,15H,8H2,1-4H3. The molecule has 88 valence electrons. The summed E-state index contributed by atoms with van der Waals surface area (Å²) in [5.74, 6) is 0.582. The molecule has 0 heterocycles. The minimum Gasteiger partial charge on any atom is -0.508 e. The molecular formula is C13H19NO2. The van der Waals surface area contributed by atoms with Gasteiger partial charge in [-0.1, -0.05) is 26.0 Å². The normalized spacial score (nSPS) is 10.6. The molecule has 1 aromatic rings. The van der Waals surface area contributed by atoms with Gasteiger partial charge >= 0.3 is 0 Å². The van der Waals surface area contributed by atoms with Crippen LogP contribution in [0, 0.1) is 0 Å². The van der Waals surface area contributed by atoms with E-state index >= 15 is 0 Å².